The highest BCUT2D eigenvalue weighted by Gasteiger charge is 2.16. The molecule has 0 unspecified atom stereocenters. The average Bonchev–Trinajstić information content (AvgIpc) is 3.36. The SMILES string of the molecule is CCNS(=O)(=O)c1ccc(C(=O)Nc2nc(-c3ccc4c(c3)CCC4)cs2)cc1. The number of thiazole rings is 1. The Hall–Kier alpha value is -2.55. The van der Waals surface area contributed by atoms with E-state index < -0.39 is 10.0 Å². The summed E-state index contributed by atoms with van der Waals surface area (Å²) in [4.78, 5) is 17.2. The van der Waals surface area contributed by atoms with Crippen molar-refractivity contribution in [1.82, 2.24) is 9.71 Å². The minimum atomic E-state index is -3.54. The molecule has 6 nitrogen and oxygen atoms in total. The first-order valence-electron chi connectivity index (χ1n) is 9.45. The standard InChI is InChI=1S/C21H21N3O3S2/c1-2-22-29(26,27)18-10-8-15(9-11-18)20(25)24-21-23-19(13-28-21)17-7-6-14-4-3-5-16(14)12-17/h6-13,22H,2-5H2,1H3,(H,23,24,25). The molecule has 4 rings (SSSR count). The highest BCUT2D eigenvalue weighted by atomic mass is 32.2. The number of carbonyl (C=O) groups is 1. The highest BCUT2D eigenvalue weighted by molar-refractivity contribution is 7.89. The number of anilines is 1. The first-order chi connectivity index (χ1) is 14.0. The van der Waals surface area contributed by atoms with Crippen LogP contribution in [0.3, 0.4) is 0 Å². The fourth-order valence-electron chi connectivity index (χ4n) is 3.42. The van der Waals surface area contributed by atoms with Gasteiger partial charge in [-0.1, -0.05) is 19.1 Å². The summed E-state index contributed by atoms with van der Waals surface area (Å²) < 4.78 is 26.4. The fraction of sp³-hybridized carbons (Fsp3) is 0.238. The van der Waals surface area contributed by atoms with E-state index in [0.29, 0.717) is 17.2 Å². The molecule has 0 spiro atoms. The van der Waals surface area contributed by atoms with Gasteiger partial charge in [-0.2, -0.15) is 0 Å². The maximum absolute atomic E-state index is 12.5. The second kappa shape index (κ2) is 8.06. The molecule has 0 bridgehead atoms. The van der Waals surface area contributed by atoms with Gasteiger partial charge in [0, 0.05) is 23.1 Å². The van der Waals surface area contributed by atoms with Crippen LogP contribution < -0.4 is 10.0 Å². The summed E-state index contributed by atoms with van der Waals surface area (Å²) in [5, 5.41) is 5.23. The van der Waals surface area contributed by atoms with Crippen LogP contribution >= 0.6 is 11.3 Å². The number of amides is 1. The molecule has 3 aromatic rings. The number of aromatic nitrogens is 1. The molecule has 0 saturated carbocycles. The van der Waals surface area contributed by atoms with Gasteiger partial charge in [0.15, 0.2) is 5.13 Å². The molecule has 1 heterocycles. The Labute approximate surface area is 174 Å². The van der Waals surface area contributed by atoms with Crippen LogP contribution in [-0.4, -0.2) is 25.9 Å². The van der Waals surface area contributed by atoms with Gasteiger partial charge in [0.2, 0.25) is 10.0 Å². The predicted octanol–water partition coefficient (Wildman–Crippen LogP) is 3.85. The Bertz CT molecular complexity index is 1150. The number of hydrogen-bond donors (Lipinski definition) is 2. The van der Waals surface area contributed by atoms with Crippen molar-refractivity contribution >= 4 is 32.4 Å². The highest BCUT2D eigenvalue weighted by Crippen LogP contribution is 2.30. The van der Waals surface area contributed by atoms with Crippen molar-refractivity contribution < 1.29 is 13.2 Å². The minimum Gasteiger partial charge on any atom is -0.298 e. The average molecular weight is 428 g/mol. The maximum Gasteiger partial charge on any atom is 0.257 e. The van der Waals surface area contributed by atoms with Gasteiger partial charge in [0.25, 0.3) is 5.91 Å². The number of benzene rings is 2. The van der Waals surface area contributed by atoms with Gasteiger partial charge in [0.05, 0.1) is 10.6 Å². The quantitative estimate of drug-likeness (QED) is 0.625. The Morgan fingerprint density at radius 1 is 1.10 bits per heavy atom. The lowest BCUT2D eigenvalue weighted by atomic mass is 10.1. The van der Waals surface area contributed by atoms with Crippen LogP contribution in [0.4, 0.5) is 5.13 Å². The Balaban J connectivity index is 1.47. The van der Waals surface area contributed by atoms with Crippen LogP contribution in [-0.2, 0) is 22.9 Å². The van der Waals surface area contributed by atoms with E-state index in [9.17, 15) is 13.2 Å². The van der Waals surface area contributed by atoms with E-state index in [2.05, 4.69) is 33.2 Å². The second-order valence-corrected chi connectivity index (χ2v) is 9.48. The molecule has 2 aromatic carbocycles. The topological polar surface area (TPSA) is 88.2 Å². The van der Waals surface area contributed by atoms with Crippen molar-refractivity contribution in [2.24, 2.45) is 0 Å². The molecule has 0 radical (unpaired) electrons. The second-order valence-electron chi connectivity index (χ2n) is 6.85. The fourth-order valence-corrected chi connectivity index (χ4v) is 5.18. The number of rotatable bonds is 6. The van der Waals surface area contributed by atoms with Gasteiger partial charge in [0.1, 0.15) is 0 Å². The van der Waals surface area contributed by atoms with Crippen LogP contribution in [0.2, 0.25) is 0 Å². The normalized spacial score (nSPS) is 13.3. The number of fused-ring (bicyclic) bond motifs is 1. The molecular weight excluding hydrogens is 406 g/mol. The first-order valence-corrected chi connectivity index (χ1v) is 11.8. The van der Waals surface area contributed by atoms with E-state index in [-0.39, 0.29) is 10.8 Å². The lowest BCUT2D eigenvalue weighted by Crippen LogP contribution is -2.23. The number of nitrogens with one attached hydrogen (secondary N) is 2. The third kappa shape index (κ3) is 4.24. The van der Waals surface area contributed by atoms with Crippen LogP contribution in [0.1, 0.15) is 34.8 Å². The van der Waals surface area contributed by atoms with Crippen molar-refractivity contribution in [1.29, 1.82) is 0 Å². The summed E-state index contributed by atoms with van der Waals surface area (Å²) in [5.41, 5.74) is 5.06. The number of carbonyl (C=O) groups excluding carboxylic acids is 1. The monoisotopic (exact) mass is 427 g/mol. The summed E-state index contributed by atoms with van der Waals surface area (Å²) in [5.74, 6) is -0.327. The molecule has 0 fully saturated rings. The molecule has 150 valence electrons. The van der Waals surface area contributed by atoms with Crippen molar-refractivity contribution in [2.75, 3.05) is 11.9 Å². The molecule has 0 atom stereocenters. The van der Waals surface area contributed by atoms with Crippen molar-refractivity contribution in [2.45, 2.75) is 31.1 Å². The van der Waals surface area contributed by atoms with E-state index in [1.54, 1.807) is 6.92 Å². The van der Waals surface area contributed by atoms with Crippen LogP contribution in [0, 0.1) is 0 Å². The lowest BCUT2D eigenvalue weighted by molar-refractivity contribution is 0.102. The molecular formula is C21H21N3O3S2. The van der Waals surface area contributed by atoms with Crippen LogP contribution in [0.15, 0.2) is 52.7 Å². The van der Waals surface area contributed by atoms with E-state index >= 15 is 0 Å². The number of hydrogen-bond acceptors (Lipinski definition) is 5. The minimum absolute atomic E-state index is 0.129. The number of aryl methyl sites for hydroxylation is 2. The molecule has 1 amide bonds. The smallest absolute Gasteiger partial charge is 0.257 e. The van der Waals surface area contributed by atoms with Crippen LogP contribution in [0.25, 0.3) is 11.3 Å². The van der Waals surface area contributed by atoms with Crippen LogP contribution in [0.5, 0.6) is 0 Å². The summed E-state index contributed by atoms with van der Waals surface area (Å²) in [7, 11) is -3.54. The van der Waals surface area contributed by atoms with E-state index in [1.807, 2.05) is 5.38 Å². The van der Waals surface area contributed by atoms with Gasteiger partial charge in [-0.05, 0) is 60.7 Å². The van der Waals surface area contributed by atoms with Gasteiger partial charge in [-0.3, -0.25) is 10.1 Å². The van der Waals surface area contributed by atoms with Gasteiger partial charge < -0.3 is 0 Å². The lowest BCUT2D eigenvalue weighted by Gasteiger charge is -2.06. The first kappa shape index (κ1) is 19.8. The zero-order valence-electron chi connectivity index (χ0n) is 15.9. The van der Waals surface area contributed by atoms with E-state index in [1.165, 1.54) is 53.1 Å². The number of nitrogens with zero attached hydrogens (tertiary/aromatic N) is 1. The van der Waals surface area contributed by atoms with Gasteiger partial charge in [-0.25, -0.2) is 18.1 Å². The molecule has 1 aromatic heterocycles. The van der Waals surface area contributed by atoms with Gasteiger partial charge >= 0.3 is 0 Å². The maximum atomic E-state index is 12.5. The Kier molecular flexibility index (Phi) is 5.49. The van der Waals surface area contributed by atoms with E-state index in [0.717, 1.165) is 24.1 Å². The summed E-state index contributed by atoms with van der Waals surface area (Å²) in [6.45, 7) is 2.02. The van der Waals surface area contributed by atoms with Gasteiger partial charge in [-0.15, -0.1) is 11.3 Å². The molecule has 2 N–H and O–H groups in total. The molecule has 1 aliphatic rings. The third-order valence-corrected chi connectivity index (χ3v) is 7.20. The van der Waals surface area contributed by atoms with E-state index in [4.69, 9.17) is 0 Å². The third-order valence-electron chi connectivity index (χ3n) is 4.88. The Morgan fingerprint density at radius 2 is 1.86 bits per heavy atom. The predicted molar refractivity (Wildman–Crippen MR) is 115 cm³/mol. The van der Waals surface area contributed by atoms with Crippen molar-refractivity contribution in [3.63, 3.8) is 0 Å². The molecule has 29 heavy (non-hydrogen) atoms. The molecule has 0 saturated heterocycles. The molecule has 8 heteroatoms. The molecule has 1 aliphatic carbocycles. The summed E-state index contributed by atoms with van der Waals surface area (Å²) in [6.07, 6.45) is 3.45. The Morgan fingerprint density at radius 3 is 2.62 bits per heavy atom. The summed E-state index contributed by atoms with van der Waals surface area (Å²) >= 11 is 1.37. The zero-order chi connectivity index (χ0) is 20.4. The largest absolute Gasteiger partial charge is 0.298 e. The zero-order valence-corrected chi connectivity index (χ0v) is 17.6. The van der Waals surface area contributed by atoms with Crippen molar-refractivity contribution in [3.8, 4) is 11.3 Å². The summed E-state index contributed by atoms with van der Waals surface area (Å²) in [6, 6.07) is 12.3. The van der Waals surface area contributed by atoms with Crippen molar-refractivity contribution in [3.05, 3.63) is 64.5 Å². The molecule has 0 aliphatic heterocycles. The number of sulfonamides is 1.